The average molecular weight is 254 g/mol. The number of ether oxygens (including phenoxy) is 2. The highest BCUT2D eigenvalue weighted by Crippen LogP contribution is 2.42. The summed E-state index contributed by atoms with van der Waals surface area (Å²) >= 11 is 0. The van der Waals surface area contributed by atoms with E-state index in [1.165, 1.54) is 7.11 Å². The van der Waals surface area contributed by atoms with Crippen molar-refractivity contribution in [1.82, 2.24) is 0 Å². The monoisotopic (exact) mass is 254 g/mol. The lowest BCUT2D eigenvalue weighted by atomic mass is 9.69. The molecule has 102 valence electrons. The molecule has 0 saturated heterocycles. The Hall–Kier alpha value is -1.32. The maximum Gasteiger partial charge on any atom is 0.513 e. The molecule has 0 aromatic carbocycles. The first-order valence-corrected chi connectivity index (χ1v) is 6.43. The van der Waals surface area contributed by atoms with Crippen LogP contribution in [0.25, 0.3) is 0 Å². The summed E-state index contributed by atoms with van der Waals surface area (Å²) in [6.45, 7) is 4.36. The lowest BCUT2D eigenvalue weighted by Crippen LogP contribution is -2.28. The predicted molar refractivity (Wildman–Crippen MR) is 68.0 cm³/mol. The Kier molecular flexibility index (Phi) is 5.38. The summed E-state index contributed by atoms with van der Waals surface area (Å²) in [6, 6.07) is 0. The molecule has 0 bridgehead atoms. The molecule has 0 heterocycles. The highest BCUT2D eigenvalue weighted by Gasteiger charge is 2.33. The van der Waals surface area contributed by atoms with Gasteiger partial charge in [0.15, 0.2) is 0 Å². The predicted octanol–water partition coefficient (Wildman–Crippen LogP) is 3.46. The van der Waals surface area contributed by atoms with Crippen molar-refractivity contribution in [2.75, 3.05) is 7.11 Å². The fourth-order valence-electron chi connectivity index (χ4n) is 2.38. The molecule has 18 heavy (non-hydrogen) atoms. The first kappa shape index (κ1) is 14.7. The highest BCUT2D eigenvalue weighted by atomic mass is 16.7. The maximum atomic E-state index is 11.1. The molecule has 0 amide bonds. The van der Waals surface area contributed by atoms with E-state index in [1.54, 1.807) is 0 Å². The van der Waals surface area contributed by atoms with E-state index < -0.39 is 6.16 Å². The molecule has 2 atom stereocenters. The van der Waals surface area contributed by atoms with Gasteiger partial charge in [-0.25, -0.2) is 4.79 Å². The van der Waals surface area contributed by atoms with Crippen LogP contribution in [0.3, 0.4) is 0 Å². The third-order valence-electron chi connectivity index (χ3n) is 3.86. The minimum atomic E-state index is -0.661. The van der Waals surface area contributed by atoms with E-state index in [0.29, 0.717) is 18.1 Å². The molecule has 0 aromatic rings. The van der Waals surface area contributed by atoms with Crippen LogP contribution in [-0.4, -0.2) is 19.6 Å². The molecule has 0 aromatic heterocycles. The largest absolute Gasteiger partial charge is 0.513 e. The van der Waals surface area contributed by atoms with Crippen molar-refractivity contribution in [2.24, 2.45) is 11.3 Å². The van der Waals surface area contributed by atoms with Gasteiger partial charge in [-0.1, -0.05) is 13.8 Å². The van der Waals surface area contributed by atoms with Gasteiger partial charge in [0.05, 0.1) is 7.11 Å². The quantitative estimate of drug-likeness (QED) is 0.428. The number of aldehydes is 1. The molecule has 1 rings (SSSR count). The Morgan fingerprint density at radius 2 is 2.33 bits per heavy atom. The van der Waals surface area contributed by atoms with Crippen LogP contribution in [-0.2, 0) is 14.3 Å². The van der Waals surface area contributed by atoms with Crippen LogP contribution in [0, 0.1) is 11.3 Å². The lowest BCUT2D eigenvalue weighted by molar-refractivity contribution is -0.108. The number of rotatable bonds is 5. The van der Waals surface area contributed by atoms with Gasteiger partial charge in [0.25, 0.3) is 0 Å². The smallest absolute Gasteiger partial charge is 0.437 e. The van der Waals surface area contributed by atoms with Crippen LogP contribution >= 0.6 is 0 Å². The average Bonchev–Trinajstić information content (AvgIpc) is 2.34. The first-order valence-electron chi connectivity index (χ1n) is 6.43. The van der Waals surface area contributed by atoms with Crippen molar-refractivity contribution in [3.8, 4) is 0 Å². The molecule has 1 aliphatic rings. The van der Waals surface area contributed by atoms with Crippen molar-refractivity contribution in [2.45, 2.75) is 46.0 Å². The zero-order chi connectivity index (χ0) is 13.6. The molecule has 1 aliphatic carbocycles. The van der Waals surface area contributed by atoms with E-state index in [2.05, 4.69) is 18.6 Å². The van der Waals surface area contributed by atoms with Crippen molar-refractivity contribution in [3.05, 3.63) is 11.8 Å². The van der Waals surface area contributed by atoms with E-state index in [9.17, 15) is 9.59 Å². The number of hydrogen-bond acceptors (Lipinski definition) is 4. The molecule has 0 aliphatic heterocycles. The van der Waals surface area contributed by atoms with Gasteiger partial charge in [0, 0.05) is 12.8 Å². The molecule has 4 nitrogen and oxygen atoms in total. The summed E-state index contributed by atoms with van der Waals surface area (Å²) in [4.78, 5) is 21.5. The zero-order valence-corrected chi connectivity index (χ0v) is 11.4. The summed E-state index contributed by atoms with van der Waals surface area (Å²) in [6.07, 6.45) is 6.46. The van der Waals surface area contributed by atoms with Gasteiger partial charge in [-0.15, -0.1) is 0 Å². The van der Waals surface area contributed by atoms with E-state index in [1.807, 2.05) is 6.08 Å². The molecule has 0 spiro atoms. The topological polar surface area (TPSA) is 52.6 Å². The van der Waals surface area contributed by atoms with Gasteiger partial charge in [0.2, 0.25) is 0 Å². The van der Waals surface area contributed by atoms with E-state index in [4.69, 9.17) is 4.74 Å². The van der Waals surface area contributed by atoms with Crippen LogP contribution in [0.1, 0.15) is 46.0 Å². The number of methoxy groups -OCH3 is 1. The first-order chi connectivity index (χ1) is 8.51. The molecule has 0 N–H and O–H groups in total. The van der Waals surface area contributed by atoms with Crippen LogP contribution in [0.15, 0.2) is 11.8 Å². The SMILES string of the molecule is COC(=O)OC1=C[C@@](C)(CCCC=O)[C@H](C)CC1. The van der Waals surface area contributed by atoms with E-state index >= 15 is 0 Å². The van der Waals surface area contributed by atoms with Crippen LogP contribution in [0.4, 0.5) is 4.79 Å². The van der Waals surface area contributed by atoms with Gasteiger partial charge in [-0.3, -0.25) is 0 Å². The number of unbranched alkanes of at least 4 members (excludes halogenated alkanes) is 1. The van der Waals surface area contributed by atoms with Gasteiger partial charge in [-0.2, -0.15) is 0 Å². The number of carbonyl (C=O) groups excluding carboxylic acids is 2. The van der Waals surface area contributed by atoms with Gasteiger partial charge in [-0.05, 0) is 36.7 Å². The normalized spacial score (nSPS) is 27.3. The van der Waals surface area contributed by atoms with E-state index in [0.717, 1.165) is 32.0 Å². The Bertz CT molecular complexity index is 335. The fourth-order valence-corrected chi connectivity index (χ4v) is 2.38. The lowest BCUT2D eigenvalue weighted by Gasteiger charge is -2.37. The second kappa shape index (κ2) is 6.57. The van der Waals surface area contributed by atoms with Gasteiger partial charge < -0.3 is 14.3 Å². The van der Waals surface area contributed by atoms with E-state index in [-0.39, 0.29) is 5.41 Å². The third-order valence-corrected chi connectivity index (χ3v) is 3.86. The number of allylic oxidation sites excluding steroid dienone is 2. The Morgan fingerprint density at radius 1 is 1.61 bits per heavy atom. The van der Waals surface area contributed by atoms with Crippen LogP contribution < -0.4 is 0 Å². The standard InChI is InChI=1S/C14H22O4/c1-11-6-7-12(18-13(16)17-3)10-14(11,2)8-4-5-9-15/h9-11H,4-8H2,1-3H3/t11-,14-/m1/s1. The summed E-state index contributed by atoms with van der Waals surface area (Å²) in [5.41, 5.74) is -0.00931. The minimum Gasteiger partial charge on any atom is -0.437 e. The minimum absolute atomic E-state index is 0.00931. The van der Waals surface area contributed by atoms with Crippen molar-refractivity contribution < 1.29 is 19.1 Å². The second-order valence-corrected chi connectivity index (χ2v) is 5.17. The molecule has 0 unspecified atom stereocenters. The molecular weight excluding hydrogens is 232 g/mol. The van der Waals surface area contributed by atoms with Crippen molar-refractivity contribution in [3.63, 3.8) is 0 Å². The fraction of sp³-hybridized carbons (Fsp3) is 0.714. The summed E-state index contributed by atoms with van der Waals surface area (Å²) in [7, 11) is 1.30. The Balaban J connectivity index is 2.70. The number of hydrogen-bond donors (Lipinski definition) is 0. The van der Waals surface area contributed by atoms with Gasteiger partial charge >= 0.3 is 6.16 Å². The molecular formula is C14H22O4. The van der Waals surface area contributed by atoms with Crippen molar-refractivity contribution in [1.29, 1.82) is 0 Å². The Morgan fingerprint density at radius 3 is 2.94 bits per heavy atom. The Labute approximate surface area is 108 Å². The van der Waals surface area contributed by atoms with Gasteiger partial charge in [0.1, 0.15) is 12.0 Å². The third kappa shape index (κ3) is 3.86. The molecule has 0 radical (unpaired) electrons. The van der Waals surface area contributed by atoms with Crippen molar-refractivity contribution >= 4 is 12.4 Å². The van der Waals surface area contributed by atoms with Crippen LogP contribution in [0.2, 0.25) is 0 Å². The zero-order valence-electron chi connectivity index (χ0n) is 11.4. The molecule has 0 saturated carbocycles. The maximum absolute atomic E-state index is 11.1. The van der Waals surface area contributed by atoms with Crippen LogP contribution in [0.5, 0.6) is 0 Å². The summed E-state index contributed by atoms with van der Waals surface area (Å²) in [5, 5.41) is 0. The summed E-state index contributed by atoms with van der Waals surface area (Å²) < 4.78 is 9.62. The molecule has 4 heteroatoms. The number of carbonyl (C=O) groups is 2. The second-order valence-electron chi connectivity index (χ2n) is 5.17. The summed E-state index contributed by atoms with van der Waals surface area (Å²) in [5.74, 6) is 1.21. The molecule has 0 fully saturated rings. The highest BCUT2D eigenvalue weighted by molar-refractivity contribution is 5.61.